The van der Waals surface area contributed by atoms with Crippen LogP contribution in [0.4, 0.5) is 11.4 Å². The van der Waals surface area contributed by atoms with Crippen molar-refractivity contribution in [2.45, 2.75) is 53.5 Å². The second-order valence-corrected chi connectivity index (χ2v) is 9.62. The molecule has 0 heterocycles. The Morgan fingerprint density at radius 3 is 2.07 bits per heavy atom. The Bertz CT molecular complexity index is 961. The summed E-state index contributed by atoms with van der Waals surface area (Å²) in [6.07, 6.45) is 1.13. The number of hydrogen-bond acceptors (Lipinski definition) is 3. The van der Waals surface area contributed by atoms with Gasteiger partial charge < -0.3 is 5.32 Å². The summed E-state index contributed by atoms with van der Waals surface area (Å²) in [6, 6.07) is 10.5. The number of para-hydroxylation sites is 1. The number of sulfonamides is 1. The maximum Gasteiger partial charge on any atom is 0.248 e. The molecular formula is C22H30N2O3S. The van der Waals surface area contributed by atoms with Crippen LogP contribution in [-0.4, -0.2) is 26.6 Å². The smallest absolute Gasteiger partial charge is 0.248 e. The van der Waals surface area contributed by atoms with Gasteiger partial charge in [-0.05, 0) is 68.0 Å². The fourth-order valence-corrected chi connectivity index (χ4v) is 4.62. The highest BCUT2D eigenvalue weighted by atomic mass is 32.2. The van der Waals surface area contributed by atoms with Crippen molar-refractivity contribution in [3.05, 3.63) is 58.7 Å². The van der Waals surface area contributed by atoms with Gasteiger partial charge in [0.2, 0.25) is 15.9 Å². The van der Waals surface area contributed by atoms with Crippen molar-refractivity contribution in [3.63, 3.8) is 0 Å². The lowest BCUT2D eigenvalue weighted by Gasteiger charge is -2.29. The van der Waals surface area contributed by atoms with Gasteiger partial charge in [0.05, 0.1) is 11.9 Å². The molecule has 2 aromatic rings. The Morgan fingerprint density at radius 1 is 1.00 bits per heavy atom. The van der Waals surface area contributed by atoms with Crippen molar-refractivity contribution in [2.75, 3.05) is 15.9 Å². The molecule has 6 heteroatoms. The number of rotatable bonds is 6. The van der Waals surface area contributed by atoms with Gasteiger partial charge in [-0.15, -0.1) is 0 Å². The Labute approximate surface area is 168 Å². The maximum atomic E-state index is 13.1. The van der Waals surface area contributed by atoms with Crippen LogP contribution >= 0.6 is 0 Å². The Morgan fingerprint density at radius 2 is 1.57 bits per heavy atom. The third-order valence-electron chi connectivity index (χ3n) is 4.72. The molecule has 0 bridgehead atoms. The van der Waals surface area contributed by atoms with E-state index in [1.165, 1.54) is 4.31 Å². The zero-order valence-corrected chi connectivity index (χ0v) is 18.5. The van der Waals surface area contributed by atoms with Crippen molar-refractivity contribution < 1.29 is 13.2 Å². The number of aryl methyl sites for hydroxylation is 3. The molecular weight excluding hydrogens is 372 g/mol. The zero-order chi connectivity index (χ0) is 21.2. The average molecular weight is 403 g/mol. The van der Waals surface area contributed by atoms with E-state index in [2.05, 4.69) is 19.2 Å². The van der Waals surface area contributed by atoms with E-state index in [-0.39, 0.29) is 11.8 Å². The molecule has 2 rings (SSSR count). The van der Waals surface area contributed by atoms with Gasteiger partial charge in [0.1, 0.15) is 6.04 Å². The van der Waals surface area contributed by atoms with Gasteiger partial charge in [-0.2, -0.15) is 0 Å². The van der Waals surface area contributed by atoms with Gasteiger partial charge in [-0.1, -0.05) is 38.1 Å². The fourth-order valence-electron chi connectivity index (χ4n) is 3.46. The molecule has 0 spiro atoms. The second kappa shape index (κ2) is 8.35. The van der Waals surface area contributed by atoms with Crippen molar-refractivity contribution in [3.8, 4) is 0 Å². The minimum Gasteiger partial charge on any atom is -0.324 e. The lowest BCUT2D eigenvalue weighted by molar-refractivity contribution is -0.116. The minimum absolute atomic E-state index is 0.232. The highest BCUT2D eigenvalue weighted by Crippen LogP contribution is 2.29. The molecule has 0 fully saturated rings. The largest absolute Gasteiger partial charge is 0.324 e. The van der Waals surface area contributed by atoms with Crippen molar-refractivity contribution in [1.82, 2.24) is 0 Å². The molecule has 28 heavy (non-hydrogen) atoms. The molecule has 1 atom stereocenters. The maximum absolute atomic E-state index is 13.1. The summed E-state index contributed by atoms with van der Waals surface area (Å²) < 4.78 is 26.3. The van der Waals surface area contributed by atoms with Crippen molar-refractivity contribution >= 4 is 27.3 Å². The Kier molecular flexibility index (Phi) is 6.55. The second-order valence-electron chi connectivity index (χ2n) is 7.76. The van der Waals surface area contributed by atoms with Crippen molar-refractivity contribution in [2.24, 2.45) is 0 Å². The lowest BCUT2D eigenvalue weighted by Crippen LogP contribution is -2.45. The molecule has 0 radical (unpaired) electrons. The predicted molar refractivity (Wildman–Crippen MR) is 117 cm³/mol. The van der Waals surface area contributed by atoms with Crippen LogP contribution in [0.2, 0.25) is 0 Å². The molecule has 0 aliphatic rings. The van der Waals surface area contributed by atoms with E-state index in [1.54, 1.807) is 19.1 Å². The van der Waals surface area contributed by atoms with Gasteiger partial charge >= 0.3 is 0 Å². The number of nitrogens with one attached hydrogen (secondary N) is 1. The quantitative estimate of drug-likeness (QED) is 0.772. The van der Waals surface area contributed by atoms with Gasteiger partial charge in [-0.3, -0.25) is 9.10 Å². The number of anilines is 2. The normalized spacial score (nSPS) is 12.7. The van der Waals surface area contributed by atoms with Crippen LogP contribution in [0, 0.1) is 20.8 Å². The van der Waals surface area contributed by atoms with Crippen LogP contribution in [0.15, 0.2) is 36.4 Å². The third kappa shape index (κ3) is 4.93. The SMILES string of the molecule is Cc1cc(C)cc(N([C@@H](C)C(=O)Nc2c(C)cccc2C(C)C)S(C)(=O)=O)c1. The minimum atomic E-state index is -3.65. The first kappa shape index (κ1) is 22.0. The summed E-state index contributed by atoms with van der Waals surface area (Å²) in [5.41, 5.74) is 5.11. The molecule has 0 saturated carbocycles. The summed E-state index contributed by atoms with van der Waals surface area (Å²) in [6.45, 7) is 11.5. The zero-order valence-electron chi connectivity index (χ0n) is 17.7. The molecule has 0 aromatic heterocycles. The van der Waals surface area contributed by atoms with E-state index in [4.69, 9.17) is 0 Å². The molecule has 1 amide bonds. The van der Waals surface area contributed by atoms with E-state index >= 15 is 0 Å². The van der Waals surface area contributed by atoms with E-state index in [0.717, 1.165) is 34.2 Å². The first-order valence-electron chi connectivity index (χ1n) is 9.40. The number of hydrogen-bond donors (Lipinski definition) is 1. The molecule has 1 N–H and O–H groups in total. The summed E-state index contributed by atoms with van der Waals surface area (Å²) >= 11 is 0. The topological polar surface area (TPSA) is 66.5 Å². The highest BCUT2D eigenvalue weighted by Gasteiger charge is 2.30. The first-order valence-corrected chi connectivity index (χ1v) is 11.2. The van der Waals surface area contributed by atoms with Crippen LogP contribution < -0.4 is 9.62 Å². The van der Waals surface area contributed by atoms with Gasteiger partial charge in [-0.25, -0.2) is 8.42 Å². The summed E-state index contributed by atoms with van der Waals surface area (Å²) in [4.78, 5) is 13.1. The molecule has 0 aliphatic heterocycles. The van der Waals surface area contributed by atoms with Gasteiger partial charge in [0.15, 0.2) is 0 Å². The number of benzene rings is 2. The molecule has 5 nitrogen and oxygen atoms in total. The van der Waals surface area contributed by atoms with E-state index in [9.17, 15) is 13.2 Å². The molecule has 0 aliphatic carbocycles. The first-order chi connectivity index (χ1) is 12.9. The standard InChI is InChI=1S/C22H30N2O3S/c1-14(2)20-10-8-9-17(5)21(20)23-22(25)18(6)24(28(7,26)27)19-12-15(3)11-16(4)13-19/h8-14,18H,1-7H3,(H,23,25)/t18-/m0/s1. The molecule has 0 unspecified atom stereocenters. The fraction of sp³-hybridized carbons (Fsp3) is 0.409. The highest BCUT2D eigenvalue weighted by molar-refractivity contribution is 7.92. The Hall–Kier alpha value is -2.34. The molecule has 152 valence electrons. The van der Waals surface area contributed by atoms with Crippen LogP contribution in [0.5, 0.6) is 0 Å². The van der Waals surface area contributed by atoms with Gasteiger partial charge in [0.25, 0.3) is 0 Å². The van der Waals surface area contributed by atoms with Crippen molar-refractivity contribution in [1.29, 1.82) is 0 Å². The predicted octanol–water partition coefficient (Wildman–Crippen LogP) is 4.53. The lowest BCUT2D eigenvalue weighted by atomic mass is 9.98. The average Bonchev–Trinajstić information content (AvgIpc) is 2.54. The Balaban J connectivity index is 2.44. The van der Waals surface area contributed by atoms with Crippen LogP contribution in [0.25, 0.3) is 0 Å². The van der Waals surface area contributed by atoms with E-state index < -0.39 is 16.1 Å². The van der Waals surface area contributed by atoms with E-state index in [0.29, 0.717) is 5.69 Å². The third-order valence-corrected chi connectivity index (χ3v) is 5.97. The number of carbonyl (C=O) groups is 1. The number of amides is 1. The van der Waals surface area contributed by atoms with E-state index in [1.807, 2.05) is 45.0 Å². The monoisotopic (exact) mass is 402 g/mol. The summed E-state index contributed by atoms with van der Waals surface area (Å²) in [5.74, 6) is -0.128. The van der Waals surface area contributed by atoms with Crippen LogP contribution in [0.3, 0.4) is 0 Å². The molecule has 0 saturated heterocycles. The summed E-state index contributed by atoms with van der Waals surface area (Å²) in [5, 5.41) is 2.97. The van der Waals surface area contributed by atoms with Gasteiger partial charge in [0, 0.05) is 5.69 Å². The number of nitrogens with zero attached hydrogens (tertiary/aromatic N) is 1. The van der Waals surface area contributed by atoms with Crippen LogP contribution in [0.1, 0.15) is 48.9 Å². The van der Waals surface area contributed by atoms with Crippen LogP contribution in [-0.2, 0) is 14.8 Å². The summed E-state index contributed by atoms with van der Waals surface area (Å²) in [7, 11) is -3.65. The molecule has 2 aromatic carbocycles. The number of carbonyl (C=O) groups excluding carboxylic acids is 1.